The molecule has 0 aliphatic heterocycles. The first kappa shape index (κ1) is 7.92. The molecular weight excluding hydrogens is 138 g/mol. The largest absolute Gasteiger partial charge is 0.495 e. The van der Waals surface area contributed by atoms with Crippen LogP contribution in [0.3, 0.4) is 0 Å². The Balaban J connectivity index is 2.92. The molecule has 2 heteroatoms. The SMILES string of the molecule is C=C(OC)c1cccn1CC. The summed E-state index contributed by atoms with van der Waals surface area (Å²) in [6.45, 7) is 6.82. The number of methoxy groups -OCH3 is 1. The Kier molecular flexibility index (Phi) is 2.36. The Morgan fingerprint density at radius 1 is 1.73 bits per heavy atom. The van der Waals surface area contributed by atoms with Crippen molar-refractivity contribution < 1.29 is 4.74 Å². The molecule has 0 atom stereocenters. The van der Waals surface area contributed by atoms with E-state index in [0.29, 0.717) is 0 Å². The van der Waals surface area contributed by atoms with Crippen molar-refractivity contribution in [2.45, 2.75) is 13.5 Å². The summed E-state index contributed by atoms with van der Waals surface area (Å²) in [6, 6.07) is 3.98. The highest BCUT2D eigenvalue weighted by Crippen LogP contribution is 2.12. The van der Waals surface area contributed by atoms with Gasteiger partial charge >= 0.3 is 0 Å². The van der Waals surface area contributed by atoms with Crippen LogP contribution in [-0.4, -0.2) is 11.7 Å². The zero-order chi connectivity index (χ0) is 8.27. The lowest BCUT2D eigenvalue weighted by Crippen LogP contribution is -1.98. The first-order valence-electron chi connectivity index (χ1n) is 3.68. The van der Waals surface area contributed by atoms with Crippen LogP contribution in [-0.2, 0) is 11.3 Å². The summed E-state index contributed by atoms with van der Waals surface area (Å²) in [6.07, 6.45) is 2.01. The van der Waals surface area contributed by atoms with Gasteiger partial charge in [0.05, 0.1) is 12.8 Å². The highest BCUT2D eigenvalue weighted by atomic mass is 16.5. The molecule has 0 spiro atoms. The molecule has 0 saturated heterocycles. The normalized spacial score (nSPS) is 9.64. The van der Waals surface area contributed by atoms with E-state index in [1.807, 2.05) is 18.3 Å². The van der Waals surface area contributed by atoms with Gasteiger partial charge in [-0.2, -0.15) is 0 Å². The van der Waals surface area contributed by atoms with Crippen LogP contribution >= 0.6 is 0 Å². The number of ether oxygens (including phenoxy) is 1. The molecule has 0 unspecified atom stereocenters. The van der Waals surface area contributed by atoms with E-state index in [9.17, 15) is 0 Å². The van der Waals surface area contributed by atoms with Gasteiger partial charge in [0.15, 0.2) is 0 Å². The summed E-state index contributed by atoms with van der Waals surface area (Å²) < 4.78 is 7.11. The quantitative estimate of drug-likeness (QED) is 0.603. The van der Waals surface area contributed by atoms with Crippen molar-refractivity contribution >= 4 is 5.76 Å². The van der Waals surface area contributed by atoms with Gasteiger partial charge in [0.1, 0.15) is 5.76 Å². The third-order valence-electron chi connectivity index (χ3n) is 1.70. The van der Waals surface area contributed by atoms with Crippen molar-refractivity contribution in [3.63, 3.8) is 0 Å². The van der Waals surface area contributed by atoms with Crippen LogP contribution in [0.4, 0.5) is 0 Å². The molecular formula is C9H13NO. The number of hydrogen-bond acceptors (Lipinski definition) is 1. The molecule has 2 nitrogen and oxygen atoms in total. The van der Waals surface area contributed by atoms with Gasteiger partial charge in [-0.25, -0.2) is 0 Å². The molecule has 60 valence electrons. The third-order valence-corrected chi connectivity index (χ3v) is 1.70. The molecule has 0 fully saturated rings. The lowest BCUT2D eigenvalue weighted by Gasteiger charge is -2.06. The molecule has 1 heterocycles. The Bertz CT molecular complexity index is 250. The van der Waals surface area contributed by atoms with Crippen LogP contribution < -0.4 is 0 Å². The van der Waals surface area contributed by atoms with Gasteiger partial charge in [-0.1, -0.05) is 6.58 Å². The summed E-state index contributed by atoms with van der Waals surface area (Å²) in [4.78, 5) is 0. The maximum Gasteiger partial charge on any atom is 0.135 e. The highest BCUT2D eigenvalue weighted by molar-refractivity contribution is 5.53. The molecule has 0 N–H and O–H groups in total. The fourth-order valence-electron chi connectivity index (χ4n) is 1.05. The van der Waals surface area contributed by atoms with E-state index >= 15 is 0 Å². The van der Waals surface area contributed by atoms with Gasteiger partial charge < -0.3 is 9.30 Å². The number of rotatable bonds is 3. The number of aryl methyl sites for hydroxylation is 1. The molecule has 0 aliphatic rings. The van der Waals surface area contributed by atoms with E-state index in [2.05, 4.69) is 18.1 Å². The zero-order valence-electron chi connectivity index (χ0n) is 7.00. The van der Waals surface area contributed by atoms with E-state index in [4.69, 9.17) is 4.74 Å². The summed E-state index contributed by atoms with van der Waals surface area (Å²) >= 11 is 0. The number of aromatic nitrogens is 1. The molecule has 0 bridgehead atoms. The molecule has 0 aromatic carbocycles. The van der Waals surface area contributed by atoms with E-state index < -0.39 is 0 Å². The standard InChI is InChI=1S/C9H13NO/c1-4-10-7-5-6-9(10)8(2)11-3/h5-7H,2,4H2,1,3H3. The second-order valence-corrected chi connectivity index (χ2v) is 2.31. The van der Waals surface area contributed by atoms with Gasteiger partial charge in [0, 0.05) is 12.7 Å². The predicted octanol–water partition coefficient (Wildman–Crippen LogP) is 2.13. The fraction of sp³-hybridized carbons (Fsp3) is 0.333. The van der Waals surface area contributed by atoms with Crippen LogP contribution in [0.1, 0.15) is 12.6 Å². The lowest BCUT2D eigenvalue weighted by molar-refractivity contribution is 0.367. The smallest absolute Gasteiger partial charge is 0.135 e. The Hall–Kier alpha value is -1.18. The van der Waals surface area contributed by atoms with Gasteiger partial charge in [-0.15, -0.1) is 0 Å². The van der Waals surface area contributed by atoms with Gasteiger partial charge in [-0.05, 0) is 19.1 Å². The van der Waals surface area contributed by atoms with Crippen molar-refractivity contribution in [1.82, 2.24) is 4.57 Å². The van der Waals surface area contributed by atoms with Crippen LogP contribution in [0.5, 0.6) is 0 Å². The molecule has 1 rings (SSSR count). The Morgan fingerprint density at radius 2 is 2.45 bits per heavy atom. The van der Waals surface area contributed by atoms with Crippen molar-refractivity contribution in [2.75, 3.05) is 7.11 Å². The van der Waals surface area contributed by atoms with Crippen LogP contribution in [0.2, 0.25) is 0 Å². The Morgan fingerprint density at radius 3 is 3.00 bits per heavy atom. The first-order chi connectivity index (χ1) is 5.29. The predicted molar refractivity (Wildman–Crippen MR) is 46.1 cm³/mol. The zero-order valence-corrected chi connectivity index (χ0v) is 7.00. The summed E-state index contributed by atoms with van der Waals surface area (Å²) in [7, 11) is 1.63. The number of hydrogen-bond donors (Lipinski definition) is 0. The second-order valence-electron chi connectivity index (χ2n) is 2.31. The molecule has 0 amide bonds. The number of nitrogens with zero attached hydrogens (tertiary/aromatic N) is 1. The van der Waals surface area contributed by atoms with Crippen molar-refractivity contribution in [3.05, 3.63) is 30.6 Å². The van der Waals surface area contributed by atoms with E-state index in [1.54, 1.807) is 7.11 Å². The van der Waals surface area contributed by atoms with Crippen LogP contribution in [0.25, 0.3) is 5.76 Å². The minimum Gasteiger partial charge on any atom is -0.495 e. The third kappa shape index (κ3) is 1.45. The van der Waals surface area contributed by atoms with Gasteiger partial charge in [0.25, 0.3) is 0 Å². The van der Waals surface area contributed by atoms with Gasteiger partial charge in [0.2, 0.25) is 0 Å². The van der Waals surface area contributed by atoms with Crippen LogP contribution in [0, 0.1) is 0 Å². The van der Waals surface area contributed by atoms with Crippen molar-refractivity contribution in [1.29, 1.82) is 0 Å². The summed E-state index contributed by atoms with van der Waals surface area (Å²) in [5.41, 5.74) is 1.05. The average Bonchev–Trinajstić information content (AvgIpc) is 2.50. The second kappa shape index (κ2) is 3.28. The molecule has 0 radical (unpaired) electrons. The van der Waals surface area contributed by atoms with E-state index in [1.165, 1.54) is 0 Å². The topological polar surface area (TPSA) is 14.2 Å². The van der Waals surface area contributed by atoms with Crippen molar-refractivity contribution in [3.8, 4) is 0 Å². The minimum atomic E-state index is 0.719. The fourth-order valence-corrected chi connectivity index (χ4v) is 1.05. The molecule has 0 saturated carbocycles. The Labute approximate surface area is 67.1 Å². The molecule has 1 aromatic rings. The van der Waals surface area contributed by atoms with Crippen molar-refractivity contribution in [2.24, 2.45) is 0 Å². The highest BCUT2D eigenvalue weighted by Gasteiger charge is 2.01. The molecule has 11 heavy (non-hydrogen) atoms. The summed E-state index contributed by atoms with van der Waals surface area (Å²) in [5.74, 6) is 0.719. The molecule has 1 aromatic heterocycles. The maximum atomic E-state index is 5.02. The average molecular weight is 151 g/mol. The lowest BCUT2D eigenvalue weighted by atomic mass is 10.4. The van der Waals surface area contributed by atoms with Crippen LogP contribution in [0.15, 0.2) is 24.9 Å². The first-order valence-corrected chi connectivity index (χ1v) is 3.68. The molecule has 0 aliphatic carbocycles. The van der Waals surface area contributed by atoms with E-state index in [0.717, 1.165) is 18.0 Å². The van der Waals surface area contributed by atoms with Gasteiger partial charge in [-0.3, -0.25) is 0 Å². The summed E-state index contributed by atoms with van der Waals surface area (Å²) in [5, 5.41) is 0. The monoisotopic (exact) mass is 151 g/mol. The minimum absolute atomic E-state index is 0.719. The van der Waals surface area contributed by atoms with E-state index in [-0.39, 0.29) is 0 Å². The maximum absolute atomic E-state index is 5.02.